The quantitative estimate of drug-likeness (QED) is 0.725. The van der Waals surface area contributed by atoms with E-state index in [9.17, 15) is 4.79 Å². The van der Waals surface area contributed by atoms with Crippen LogP contribution in [0.15, 0.2) is 51.6 Å². The Kier molecular flexibility index (Phi) is 3.82. The van der Waals surface area contributed by atoms with Gasteiger partial charge in [0.15, 0.2) is 0 Å². The lowest BCUT2D eigenvalue weighted by Gasteiger charge is -2.13. The zero-order chi connectivity index (χ0) is 16.5. The van der Waals surface area contributed by atoms with Gasteiger partial charge in [-0.15, -0.1) is 0 Å². The number of aromatic nitrogens is 2. The summed E-state index contributed by atoms with van der Waals surface area (Å²) in [4.78, 5) is 18.4. The van der Waals surface area contributed by atoms with Crippen molar-refractivity contribution in [1.82, 2.24) is 15.0 Å². The first kappa shape index (κ1) is 15.0. The van der Waals surface area contributed by atoms with E-state index in [1.807, 2.05) is 24.3 Å². The molecule has 3 aromatic rings. The summed E-state index contributed by atoms with van der Waals surface area (Å²) in [5.41, 5.74) is 0.786. The van der Waals surface area contributed by atoms with Gasteiger partial charge in [-0.05, 0) is 24.3 Å². The van der Waals surface area contributed by atoms with Crippen molar-refractivity contribution in [3.63, 3.8) is 0 Å². The smallest absolute Gasteiger partial charge is 0.232 e. The number of furan rings is 1. The number of hydrogen-bond donors (Lipinski definition) is 0. The molecule has 0 N–H and O–H groups in total. The number of rotatable bonds is 4. The van der Waals surface area contributed by atoms with Gasteiger partial charge >= 0.3 is 0 Å². The van der Waals surface area contributed by atoms with Crippen LogP contribution in [0.4, 0.5) is 0 Å². The van der Waals surface area contributed by atoms with E-state index >= 15 is 0 Å². The van der Waals surface area contributed by atoms with Crippen molar-refractivity contribution in [2.45, 2.75) is 18.9 Å². The van der Waals surface area contributed by atoms with Gasteiger partial charge in [0.1, 0.15) is 5.76 Å². The first-order chi connectivity index (χ1) is 11.7. The van der Waals surface area contributed by atoms with Crippen LogP contribution in [0.3, 0.4) is 0 Å². The number of carbonyl (C=O) groups is 1. The fourth-order valence-corrected chi connectivity index (χ4v) is 3.02. The monoisotopic (exact) mass is 343 g/mol. The maximum Gasteiger partial charge on any atom is 0.232 e. The van der Waals surface area contributed by atoms with E-state index in [1.165, 1.54) is 0 Å². The van der Waals surface area contributed by atoms with E-state index < -0.39 is 0 Å². The number of hydrogen-bond acceptors (Lipinski definition) is 5. The van der Waals surface area contributed by atoms with Crippen molar-refractivity contribution >= 4 is 17.5 Å². The number of benzene rings is 1. The summed E-state index contributed by atoms with van der Waals surface area (Å²) in [7, 11) is 0. The Hall–Kier alpha value is -2.60. The van der Waals surface area contributed by atoms with Gasteiger partial charge in [-0.1, -0.05) is 28.9 Å². The van der Waals surface area contributed by atoms with Gasteiger partial charge < -0.3 is 13.8 Å². The van der Waals surface area contributed by atoms with E-state index in [0.29, 0.717) is 36.2 Å². The number of halogens is 1. The lowest BCUT2D eigenvalue weighted by molar-refractivity contribution is -0.128. The molecule has 24 heavy (non-hydrogen) atoms. The molecule has 122 valence electrons. The largest absolute Gasteiger partial charge is 0.467 e. The summed E-state index contributed by atoms with van der Waals surface area (Å²) in [6.07, 6.45) is 1.96. The summed E-state index contributed by atoms with van der Waals surface area (Å²) >= 11 is 5.99. The van der Waals surface area contributed by atoms with Crippen LogP contribution >= 0.6 is 11.6 Å². The van der Waals surface area contributed by atoms with Crippen LogP contribution in [-0.4, -0.2) is 27.5 Å². The second-order valence-electron chi connectivity index (χ2n) is 5.72. The van der Waals surface area contributed by atoms with Crippen LogP contribution in [0.25, 0.3) is 11.4 Å². The molecule has 6 nitrogen and oxygen atoms in total. The third-order valence-electron chi connectivity index (χ3n) is 4.02. The van der Waals surface area contributed by atoms with Gasteiger partial charge in [-0.3, -0.25) is 4.79 Å². The minimum absolute atomic E-state index is 0.0545. The van der Waals surface area contributed by atoms with Crippen LogP contribution in [0.5, 0.6) is 0 Å². The second kappa shape index (κ2) is 6.13. The molecule has 0 aliphatic carbocycles. The highest BCUT2D eigenvalue weighted by atomic mass is 35.5. The molecule has 1 aliphatic rings. The molecule has 1 aliphatic heterocycles. The summed E-state index contributed by atoms with van der Waals surface area (Å²) < 4.78 is 10.7. The number of carbonyl (C=O) groups excluding carboxylic acids is 1. The van der Waals surface area contributed by atoms with Crippen molar-refractivity contribution in [2.24, 2.45) is 0 Å². The molecule has 0 bridgehead atoms. The van der Waals surface area contributed by atoms with E-state index in [0.717, 1.165) is 11.3 Å². The normalized spacial score (nSPS) is 17.6. The van der Waals surface area contributed by atoms with Crippen molar-refractivity contribution in [1.29, 1.82) is 0 Å². The van der Waals surface area contributed by atoms with Crippen LogP contribution in [0.1, 0.15) is 24.0 Å². The minimum Gasteiger partial charge on any atom is -0.467 e. The Bertz CT molecular complexity index is 860. The van der Waals surface area contributed by atoms with Crippen molar-refractivity contribution in [3.05, 3.63) is 59.3 Å². The Morgan fingerprint density at radius 2 is 2.21 bits per heavy atom. The predicted octanol–water partition coefficient (Wildman–Crippen LogP) is 3.50. The first-order valence-corrected chi connectivity index (χ1v) is 7.96. The van der Waals surface area contributed by atoms with Gasteiger partial charge in [0, 0.05) is 23.6 Å². The van der Waals surface area contributed by atoms with Gasteiger partial charge in [0.25, 0.3) is 0 Å². The van der Waals surface area contributed by atoms with Gasteiger partial charge in [-0.2, -0.15) is 4.98 Å². The lowest BCUT2D eigenvalue weighted by atomic mass is 10.1. The molecule has 0 radical (unpaired) electrons. The van der Waals surface area contributed by atoms with E-state index in [4.69, 9.17) is 20.5 Å². The molecular formula is C17H14ClN3O3. The van der Waals surface area contributed by atoms with E-state index in [2.05, 4.69) is 10.1 Å². The summed E-state index contributed by atoms with van der Waals surface area (Å²) in [5, 5.41) is 4.62. The average molecular weight is 344 g/mol. The summed E-state index contributed by atoms with van der Waals surface area (Å²) in [6, 6.07) is 10.9. The van der Waals surface area contributed by atoms with E-state index in [1.54, 1.807) is 23.3 Å². The van der Waals surface area contributed by atoms with Crippen molar-refractivity contribution in [3.8, 4) is 11.4 Å². The van der Waals surface area contributed by atoms with Crippen molar-refractivity contribution < 1.29 is 13.7 Å². The molecule has 1 aromatic carbocycles. The topological polar surface area (TPSA) is 72.4 Å². The zero-order valence-electron chi connectivity index (χ0n) is 12.7. The third kappa shape index (κ3) is 2.92. The molecule has 1 atom stereocenters. The van der Waals surface area contributed by atoms with Crippen LogP contribution in [0.2, 0.25) is 5.02 Å². The Balaban J connectivity index is 1.50. The highest BCUT2D eigenvalue weighted by molar-refractivity contribution is 6.30. The molecule has 0 spiro atoms. The van der Waals surface area contributed by atoms with Crippen LogP contribution in [0, 0.1) is 0 Å². The van der Waals surface area contributed by atoms with Gasteiger partial charge in [0.2, 0.25) is 17.6 Å². The molecule has 7 heteroatoms. The standard InChI is InChI=1S/C17H14ClN3O3/c18-13-4-1-3-11(7-13)16-19-17(24-20-16)12-8-15(22)21(9-12)10-14-5-2-6-23-14/h1-7,12H,8-10H2/t12-/m1/s1. The lowest BCUT2D eigenvalue weighted by Crippen LogP contribution is -2.24. The average Bonchev–Trinajstić information content (AvgIpc) is 3.30. The van der Waals surface area contributed by atoms with Crippen molar-refractivity contribution in [2.75, 3.05) is 6.54 Å². The maximum atomic E-state index is 12.2. The van der Waals surface area contributed by atoms with Gasteiger partial charge in [-0.25, -0.2) is 0 Å². The second-order valence-corrected chi connectivity index (χ2v) is 6.16. The van der Waals surface area contributed by atoms with E-state index in [-0.39, 0.29) is 11.8 Å². The third-order valence-corrected chi connectivity index (χ3v) is 4.25. The molecule has 1 saturated heterocycles. The molecule has 0 saturated carbocycles. The molecule has 1 fully saturated rings. The fraction of sp³-hybridized carbons (Fsp3) is 0.235. The number of likely N-dealkylation sites (tertiary alicyclic amines) is 1. The zero-order valence-corrected chi connectivity index (χ0v) is 13.4. The predicted molar refractivity (Wildman–Crippen MR) is 86.2 cm³/mol. The minimum atomic E-state index is -0.104. The summed E-state index contributed by atoms with van der Waals surface area (Å²) in [6.45, 7) is 0.994. The Morgan fingerprint density at radius 1 is 1.29 bits per heavy atom. The number of nitrogens with zero attached hydrogens (tertiary/aromatic N) is 3. The Labute approximate surface area is 143 Å². The number of amides is 1. The molecule has 2 aromatic heterocycles. The van der Waals surface area contributed by atoms with Gasteiger partial charge in [0.05, 0.1) is 18.7 Å². The summed E-state index contributed by atoms with van der Waals surface area (Å²) in [5.74, 6) is 1.66. The van der Waals surface area contributed by atoms with Crippen LogP contribution in [-0.2, 0) is 11.3 Å². The molecule has 1 amide bonds. The Morgan fingerprint density at radius 3 is 3.00 bits per heavy atom. The highest BCUT2D eigenvalue weighted by Gasteiger charge is 2.34. The molecule has 4 rings (SSSR count). The molecule has 3 heterocycles. The molecular weight excluding hydrogens is 330 g/mol. The van der Waals surface area contributed by atoms with Crippen LogP contribution < -0.4 is 0 Å². The fourth-order valence-electron chi connectivity index (χ4n) is 2.83. The highest BCUT2D eigenvalue weighted by Crippen LogP contribution is 2.30. The molecule has 0 unspecified atom stereocenters. The SMILES string of the molecule is O=C1C[C@@H](c2nc(-c3cccc(Cl)c3)no2)CN1Cc1ccco1. The maximum absolute atomic E-state index is 12.2. The first-order valence-electron chi connectivity index (χ1n) is 7.59.